The van der Waals surface area contributed by atoms with Crippen LogP contribution in [0.1, 0.15) is 26.2 Å². The number of nitrogens with one attached hydrogen (secondary N) is 1. The second kappa shape index (κ2) is 4.08. The quantitative estimate of drug-likeness (QED) is 0.688. The van der Waals surface area contributed by atoms with E-state index in [4.69, 9.17) is 4.74 Å². The standard InChI is InChI=1S/C10H16N2O3/c1-2-15-10(14)12-6-7-3-4-8(12)5-9(13)11-7/h7-8H,2-6H2,1H3,(H,11,13)/t7-,8+/m1/s1. The largest absolute Gasteiger partial charge is 0.450 e. The van der Waals surface area contributed by atoms with Crippen LogP contribution in [-0.4, -0.2) is 42.1 Å². The average Bonchev–Trinajstić information content (AvgIpc) is 2.46. The Bertz CT molecular complexity index is 280. The van der Waals surface area contributed by atoms with E-state index in [0.717, 1.165) is 12.8 Å². The summed E-state index contributed by atoms with van der Waals surface area (Å²) in [4.78, 5) is 24.7. The molecule has 3 fully saturated rings. The molecule has 0 aromatic rings. The van der Waals surface area contributed by atoms with Crippen molar-refractivity contribution in [1.82, 2.24) is 10.2 Å². The summed E-state index contributed by atoms with van der Waals surface area (Å²) in [5.74, 6) is 0.0503. The zero-order valence-corrected chi connectivity index (χ0v) is 8.86. The van der Waals surface area contributed by atoms with Gasteiger partial charge in [-0.05, 0) is 19.8 Å². The van der Waals surface area contributed by atoms with E-state index in [1.54, 1.807) is 11.8 Å². The molecule has 5 nitrogen and oxygen atoms in total. The Morgan fingerprint density at radius 3 is 3.13 bits per heavy atom. The number of fused-ring (bicyclic) bond motifs is 4. The van der Waals surface area contributed by atoms with Gasteiger partial charge in [0.05, 0.1) is 6.61 Å². The molecule has 15 heavy (non-hydrogen) atoms. The van der Waals surface area contributed by atoms with Crippen LogP contribution in [0.5, 0.6) is 0 Å². The fourth-order valence-electron chi connectivity index (χ4n) is 2.29. The molecular weight excluding hydrogens is 196 g/mol. The molecule has 2 bridgehead atoms. The van der Waals surface area contributed by atoms with Crippen LogP contribution in [-0.2, 0) is 9.53 Å². The van der Waals surface area contributed by atoms with Crippen molar-refractivity contribution >= 4 is 12.0 Å². The maximum absolute atomic E-state index is 11.6. The number of nitrogens with zero attached hydrogens (tertiary/aromatic N) is 1. The molecule has 3 aliphatic rings. The van der Waals surface area contributed by atoms with E-state index >= 15 is 0 Å². The number of hydrogen-bond donors (Lipinski definition) is 1. The van der Waals surface area contributed by atoms with E-state index in [-0.39, 0.29) is 24.1 Å². The normalized spacial score (nSPS) is 29.7. The fourth-order valence-corrected chi connectivity index (χ4v) is 2.29. The zero-order valence-electron chi connectivity index (χ0n) is 8.86. The third-order valence-electron chi connectivity index (χ3n) is 2.99. The molecule has 0 aliphatic carbocycles. The Hall–Kier alpha value is -1.26. The van der Waals surface area contributed by atoms with Gasteiger partial charge >= 0.3 is 6.09 Å². The maximum Gasteiger partial charge on any atom is 0.410 e. The molecule has 0 spiro atoms. The Kier molecular flexibility index (Phi) is 2.79. The first-order valence-corrected chi connectivity index (χ1v) is 5.43. The zero-order chi connectivity index (χ0) is 10.8. The minimum atomic E-state index is -0.288. The predicted molar refractivity (Wildman–Crippen MR) is 53.3 cm³/mol. The molecule has 5 heteroatoms. The molecule has 1 N–H and O–H groups in total. The summed E-state index contributed by atoms with van der Waals surface area (Å²) < 4.78 is 4.97. The van der Waals surface area contributed by atoms with E-state index in [9.17, 15) is 9.59 Å². The van der Waals surface area contributed by atoms with Gasteiger partial charge in [-0.25, -0.2) is 4.79 Å². The number of amides is 2. The number of hydrogen-bond acceptors (Lipinski definition) is 3. The van der Waals surface area contributed by atoms with Gasteiger partial charge in [0.2, 0.25) is 5.91 Å². The van der Waals surface area contributed by atoms with Crippen molar-refractivity contribution < 1.29 is 14.3 Å². The van der Waals surface area contributed by atoms with Crippen LogP contribution in [0.2, 0.25) is 0 Å². The second-order valence-electron chi connectivity index (χ2n) is 4.05. The highest BCUT2D eigenvalue weighted by molar-refractivity contribution is 5.79. The summed E-state index contributed by atoms with van der Waals surface area (Å²) in [5, 5.41) is 2.91. The highest BCUT2D eigenvalue weighted by atomic mass is 16.6. The van der Waals surface area contributed by atoms with Gasteiger partial charge in [0.15, 0.2) is 0 Å². The van der Waals surface area contributed by atoms with Crippen molar-refractivity contribution in [2.75, 3.05) is 13.2 Å². The third kappa shape index (κ3) is 2.06. The monoisotopic (exact) mass is 212 g/mol. The van der Waals surface area contributed by atoms with Crippen LogP contribution in [0.4, 0.5) is 4.79 Å². The molecule has 0 radical (unpaired) electrons. The second-order valence-corrected chi connectivity index (χ2v) is 4.05. The van der Waals surface area contributed by atoms with Crippen molar-refractivity contribution in [3.8, 4) is 0 Å². The molecule has 3 heterocycles. The summed E-state index contributed by atoms with van der Waals surface area (Å²) in [6.07, 6.45) is 1.98. The van der Waals surface area contributed by atoms with Crippen LogP contribution in [0, 0.1) is 0 Å². The first-order valence-electron chi connectivity index (χ1n) is 5.43. The number of ether oxygens (including phenoxy) is 1. The molecule has 0 aromatic carbocycles. The number of rotatable bonds is 1. The molecule has 84 valence electrons. The van der Waals surface area contributed by atoms with E-state index in [1.165, 1.54) is 0 Å². The van der Waals surface area contributed by atoms with E-state index < -0.39 is 0 Å². The lowest BCUT2D eigenvalue weighted by Gasteiger charge is -2.34. The molecule has 2 atom stereocenters. The van der Waals surface area contributed by atoms with Crippen molar-refractivity contribution in [3.63, 3.8) is 0 Å². The highest BCUT2D eigenvalue weighted by Crippen LogP contribution is 2.24. The third-order valence-corrected chi connectivity index (χ3v) is 2.99. The Morgan fingerprint density at radius 1 is 1.60 bits per heavy atom. The molecule has 0 unspecified atom stereocenters. The van der Waals surface area contributed by atoms with Gasteiger partial charge in [0.1, 0.15) is 0 Å². The van der Waals surface area contributed by atoms with Gasteiger partial charge in [-0.2, -0.15) is 0 Å². The van der Waals surface area contributed by atoms with E-state index in [2.05, 4.69) is 5.32 Å². The Labute approximate surface area is 88.8 Å². The van der Waals surface area contributed by atoms with Crippen molar-refractivity contribution in [2.24, 2.45) is 0 Å². The Balaban J connectivity index is 2.08. The molecule has 3 rings (SSSR count). The van der Waals surface area contributed by atoms with E-state index in [1.807, 2.05) is 0 Å². The smallest absolute Gasteiger partial charge is 0.410 e. The van der Waals surface area contributed by atoms with Crippen molar-refractivity contribution in [3.05, 3.63) is 0 Å². The van der Waals surface area contributed by atoms with Crippen LogP contribution in [0.15, 0.2) is 0 Å². The molecule has 2 amide bonds. The minimum Gasteiger partial charge on any atom is -0.450 e. The molecule has 3 aliphatic heterocycles. The van der Waals surface area contributed by atoms with Gasteiger partial charge in [-0.3, -0.25) is 4.79 Å². The van der Waals surface area contributed by atoms with Crippen LogP contribution < -0.4 is 5.32 Å². The topological polar surface area (TPSA) is 58.6 Å². The minimum absolute atomic E-state index is 0.0304. The lowest BCUT2D eigenvalue weighted by molar-refractivity contribution is -0.121. The summed E-state index contributed by atoms with van der Waals surface area (Å²) >= 11 is 0. The van der Waals surface area contributed by atoms with Crippen LogP contribution in [0.25, 0.3) is 0 Å². The molecule has 0 saturated carbocycles. The summed E-state index contributed by atoms with van der Waals surface area (Å²) in [7, 11) is 0. The van der Waals surface area contributed by atoms with Crippen LogP contribution >= 0.6 is 0 Å². The SMILES string of the molecule is CCOC(=O)N1C[C@H]2CC[C@H]1CC(=O)N2. The van der Waals surface area contributed by atoms with E-state index in [0.29, 0.717) is 19.6 Å². The lowest BCUT2D eigenvalue weighted by Crippen LogP contribution is -2.49. The van der Waals surface area contributed by atoms with Gasteiger partial charge in [0.25, 0.3) is 0 Å². The van der Waals surface area contributed by atoms with Crippen molar-refractivity contribution in [2.45, 2.75) is 38.3 Å². The van der Waals surface area contributed by atoms with Gasteiger partial charge in [0, 0.05) is 25.0 Å². The average molecular weight is 212 g/mol. The first-order chi connectivity index (χ1) is 7.20. The van der Waals surface area contributed by atoms with Crippen molar-refractivity contribution in [1.29, 1.82) is 0 Å². The Morgan fingerprint density at radius 2 is 2.40 bits per heavy atom. The number of piperidine rings is 1. The number of carbonyl (C=O) groups excluding carboxylic acids is 2. The summed E-state index contributed by atoms with van der Waals surface area (Å²) in [6, 6.07) is 0.142. The molecule has 0 aromatic heterocycles. The number of carbonyl (C=O) groups is 2. The van der Waals surface area contributed by atoms with Gasteiger partial charge in [-0.1, -0.05) is 0 Å². The molecular formula is C10H16N2O3. The maximum atomic E-state index is 11.6. The fraction of sp³-hybridized carbons (Fsp3) is 0.800. The summed E-state index contributed by atoms with van der Waals surface area (Å²) in [6.45, 7) is 2.76. The predicted octanol–water partition coefficient (Wildman–Crippen LogP) is 0.496. The molecule has 3 saturated heterocycles. The van der Waals surface area contributed by atoms with Crippen LogP contribution in [0.3, 0.4) is 0 Å². The van der Waals surface area contributed by atoms with Gasteiger partial charge in [-0.15, -0.1) is 0 Å². The first kappa shape index (κ1) is 10.3. The highest BCUT2D eigenvalue weighted by Gasteiger charge is 2.37. The summed E-state index contributed by atoms with van der Waals surface area (Å²) in [5.41, 5.74) is 0. The van der Waals surface area contributed by atoms with Gasteiger partial charge < -0.3 is 15.0 Å². The lowest BCUT2D eigenvalue weighted by atomic mass is 9.99.